The lowest BCUT2D eigenvalue weighted by atomic mass is 10.2. The molecule has 0 aliphatic heterocycles. The van der Waals surface area contributed by atoms with Crippen LogP contribution in [0.4, 0.5) is 0 Å². The third kappa shape index (κ3) is 1.80. The average molecular weight is 149 g/mol. The molecule has 0 saturated heterocycles. The number of rotatable bonds is 4. The second-order valence-corrected chi connectivity index (χ2v) is 2.29. The van der Waals surface area contributed by atoms with Crippen molar-refractivity contribution < 1.29 is 4.79 Å². The highest BCUT2D eigenvalue weighted by atomic mass is 16.1. The number of aldehydes is 1. The Bertz CT molecular complexity index is 250. The van der Waals surface area contributed by atoms with Crippen molar-refractivity contribution in [3.8, 4) is 0 Å². The average Bonchev–Trinajstić information content (AvgIpc) is 2.47. The molecule has 0 fully saturated rings. The maximum Gasteiger partial charge on any atom is 0.120 e. The molecule has 0 bridgehead atoms. The second kappa shape index (κ2) is 3.76. The molecule has 0 spiro atoms. The van der Waals surface area contributed by atoms with Gasteiger partial charge in [-0.3, -0.25) is 0 Å². The van der Waals surface area contributed by atoms with Crippen LogP contribution in [-0.4, -0.2) is 10.9 Å². The van der Waals surface area contributed by atoms with E-state index in [1.807, 2.05) is 22.9 Å². The van der Waals surface area contributed by atoms with Crippen LogP contribution in [0.25, 0.3) is 6.20 Å². The molecule has 0 aliphatic carbocycles. The molecule has 0 unspecified atom stereocenters. The van der Waals surface area contributed by atoms with Crippen molar-refractivity contribution in [2.45, 2.75) is 12.8 Å². The summed E-state index contributed by atoms with van der Waals surface area (Å²) in [6.07, 6.45) is 5.97. The summed E-state index contributed by atoms with van der Waals surface area (Å²) >= 11 is 0. The molecule has 1 heterocycles. The molecule has 0 aromatic carbocycles. The maximum atomic E-state index is 10.1. The Kier molecular flexibility index (Phi) is 2.66. The van der Waals surface area contributed by atoms with Crippen LogP contribution in [0.2, 0.25) is 0 Å². The zero-order valence-electron chi connectivity index (χ0n) is 6.36. The van der Waals surface area contributed by atoms with Crippen LogP contribution in [-0.2, 0) is 11.2 Å². The van der Waals surface area contributed by atoms with E-state index in [-0.39, 0.29) is 0 Å². The third-order valence-corrected chi connectivity index (χ3v) is 1.58. The summed E-state index contributed by atoms with van der Waals surface area (Å²) in [6, 6.07) is 3.94. The molecular formula is C9H11NO. The fraction of sp³-hybridized carbons (Fsp3) is 0.222. The van der Waals surface area contributed by atoms with Gasteiger partial charge in [-0.25, -0.2) is 0 Å². The minimum Gasteiger partial charge on any atom is -0.328 e. The highest BCUT2D eigenvalue weighted by Gasteiger charge is 1.95. The number of nitrogens with zero attached hydrogens (tertiary/aromatic N) is 1. The van der Waals surface area contributed by atoms with E-state index in [0.717, 1.165) is 18.4 Å². The van der Waals surface area contributed by atoms with E-state index in [9.17, 15) is 4.79 Å². The molecule has 2 heteroatoms. The molecule has 11 heavy (non-hydrogen) atoms. The second-order valence-electron chi connectivity index (χ2n) is 2.29. The normalized spacial score (nSPS) is 9.45. The first-order chi connectivity index (χ1) is 5.38. The van der Waals surface area contributed by atoms with Gasteiger partial charge in [0.15, 0.2) is 0 Å². The zero-order chi connectivity index (χ0) is 8.10. The van der Waals surface area contributed by atoms with Crippen molar-refractivity contribution in [1.29, 1.82) is 0 Å². The van der Waals surface area contributed by atoms with Gasteiger partial charge in [0.2, 0.25) is 0 Å². The molecule has 0 N–H and O–H groups in total. The van der Waals surface area contributed by atoms with Crippen LogP contribution < -0.4 is 0 Å². The van der Waals surface area contributed by atoms with Gasteiger partial charge in [0.05, 0.1) is 0 Å². The monoisotopic (exact) mass is 149 g/mol. The van der Waals surface area contributed by atoms with E-state index in [1.54, 1.807) is 6.20 Å². The number of hydrogen-bond acceptors (Lipinski definition) is 1. The smallest absolute Gasteiger partial charge is 0.120 e. The summed E-state index contributed by atoms with van der Waals surface area (Å²) in [5, 5.41) is 0. The van der Waals surface area contributed by atoms with Gasteiger partial charge in [0, 0.05) is 24.5 Å². The van der Waals surface area contributed by atoms with E-state index in [1.165, 1.54) is 0 Å². The SMILES string of the molecule is C=Cn1cccc1CCC=O. The summed E-state index contributed by atoms with van der Waals surface area (Å²) in [5.74, 6) is 0. The summed E-state index contributed by atoms with van der Waals surface area (Å²) < 4.78 is 1.92. The lowest BCUT2D eigenvalue weighted by Gasteiger charge is -1.99. The molecule has 1 aromatic rings. The van der Waals surface area contributed by atoms with Crippen LogP contribution in [0.5, 0.6) is 0 Å². The van der Waals surface area contributed by atoms with E-state index < -0.39 is 0 Å². The highest BCUT2D eigenvalue weighted by Crippen LogP contribution is 2.04. The minimum atomic E-state index is 0.581. The topological polar surface area (TPSA) is 22.0 Å². The molecule has 0 amide bonds. The molecule has 1 rings (SSSR count). The number of carbonyl (C=O) groups excluding carboxylic acids is 1. The van der Waals surface area contributed by atoms with Gasteiger partial charge in [-0.15, -0.1) is 0 Å². The first-order valence-corrected chi connectivity index (χ1v) is 3.60. The summed E-state index contributed by atoms with van der Waals surface area (Å²) in [5.41, 5.74) is 1.13. The van der Waals surface area contributed by atoms with Gasteiger partial charge in [-0.05, 0) is 18.6 Å². The highest BCUT2D eigenvalue weighted by molar-refractivity contribution is 5.50. The molecule has 0 radical (unpaired) electrons. The number of aryl methyl sites for hydroxylation is 1. The van der Waals surface area contributed by atoms with Crippen molar-refractivity contribution in [2.24, 2.45) is 0 Å². The van der Waals surface area contributed by atoms with Gasteiger partial charge in [0.25, 0.3) is 0 Å². The van der Waals surface area contributed by atoms with E-state index in [0.29, 0.717) is 6.42 Å². The van der Waals surface area contributed by atoms with Crippen LogP contribution in [0.15, 0.2) is 24.9 Å². The van der Waals surface area contributed by atoms with Crippen molar-refractivity contribution >= 4 is 12.5 Å². The van der Waals surface area contributed by atoms with E-state index in [4.69, 9.17) is 0 Å². The van der Waals surface area contributed by atoms with Gasteiger partial charge in [-0.2, -0.15) is 0 Å². The minimum absolute atomic E-state index is 0.581. The lowest BCUT2D eigenvalue weighted by molar-refractivity contribution is -0.107. The van der Waals surface area contributed by atoms with Crippen molar-refractivity contribution in [1.82, 2.24) is 4.57 Å². The van der Waals surface area contributed by atoms with Crippen LogP contribution in [0.1, 0.15) is 12.1 Å². The summed E-state index contributed by atoms with van der Waals surface area (Å²) in [6.45, 7) is 3.65. The first kappa shape index (κ1) is 7.79. The van der Waals surface area contributed by atoms with Gasteiger partial charge >= 0.3 is 0 Å². The Morgan fingerprint density at radius 3 is 3.09 bits per heavy atom. The first-order valence-electron chi connectivity index (χ1n) is 3.60. The molecular weight excluding hydrogens is 138 g/mol. The summed E-state index contributed by atoms with van der Waals surface area (Å²) in [4.78, 5) is 10.1. The van der Waals surface area contributed by atoms with Crippen LogP contribution in [0, 0.1) is 0 Å². The quantitative estimate of drug-likeness (QED) is 0.597. The predicted molar refractivity (Wildman–Crippen MR) is 45.2 cm³/mol. The molecule has 2 nitrogen and oxygen atoms in total. The fourth-order valence-electron chi connectivity index (χ4n) is 1.03. The van der Waals surface area contributed by atoms with Crippen molar-refractivity contribution in [3.63, 3.8) is 0 Å². The van der Waals surface area contributed by atoms with Gasteiger partial charge in [0.1, 0.15) is 6.29 Å². The Morgan fingerprint density at radius 1 is 1.64 bits per heavy atom. The number of aromatic nitrogens is 1. The van der Waals surface area contributed by atoms with Crippen LogP contribution in [0.3, 0.4) is 0 Å². The third-order valence-electron chi connectivity index (χ3n) is 1.58. The largest absolute Gasteiger partial charge is 0.328 e. The summed E-state index contributed by atoms with van der Waals surface area (Å²) in [7, 11) is 0. The molecule has 1 aromatic heterocycles. The Balaban J connectivity index is 2.67. The zero-order valence-corrected chi connectivity index (χ0v) is 6.36. The molecule has 58 valence electrons. The predicted octanol–water partition coefficient (Wildman–Crippen LogP) is 1.72. The Labute approximate surface area is 66.1 Å². The molecule has 0 aliphatic rings. The van der Waals surface area contributed by atoms with E-state index >= 15 is 0 Å². The van der Waals surface area contributed by atoms with Gasteiger partial charge < -0.3 is 9.36 Å². The van der Waals surface area contributed by atoms with Gasteiger partial charge in [-0.1, -0.05) is 6.58 Å². The van der Waals surface area contributed by atoms with Crippen molar-refractivity contribution in [2.75, 3.05) is 0 Å². The molecule has 0 atom stereocenters. The van der Waals surface area contributed by atoms with E-state index in [2.05, 4.69) is 6.58 Å². The number of carbonyl (C=O) groups is 1. The Morgan fingerprint density at radius 2 is 2.45 bits per heavy atom. The Hall–Kier alpha value is -1.31. The fourth-order valence-corrected chi connectivity index (χ4v) is 1.03. The van der Waals surface area contributed by atoms with Crippen LogP contribution >= 0.6 is 0 Å². The molecule has 0 saturated carbocycles. The maximum absolute atomic E-state index is 10.1. The van der Waals surface area contributed by atoms with Crippen molar-refractivity contribution in [3.05, 3.63) is 30.6 Å². The number of hydrogen-bond donors (Lipinski definition) is 0. The standard InChI is InChI=1S/C9H11NO/c1-2-10-7-3-5-9(10)6-4-8-11/h2-3,5,7-8H,1,4,6H2. The lowest BCUT2D eigenvalue weighted by Crippen LogP contribution is -1.93.